The van der Waals surface area contributed by atoms with Gasteiger partial charge in [0, 0.05) is 39.2 Å². The zero-order chi connectivity index (χ0) is 17.5. The van der Waals surface area contributed by atoms with Crippen molar-refractivity contribution < 1.29 is 4.74 Å². The van der Waals surface area contributed by atoms with Gasteiger partial charge in [-0.3, -0.25) is 4.57 Å². The second-order valence-corrected chi connectivity index (χ2v) is 6.50. The Kier molecular flexibility index (Phi) is 6.08. The van der Waals surface area contributed by atoms with Crippen LogP contribution in [-0.2, 0) is 23.6 Å². The molecule has 0 bridgehead atoms. The van der Waals surface area contributed by atoms with Crippen molar-refractivity contribution >= 4 is 11.8 Å². The third-order valence-electron chi connectivity index (χ3n) is 3.78. The Balaban J connectivity index is 1.65. The van der Waals surface area contributed by atoms with E-state index >= 15 is 0 Å². The van der Waals surface area contributed by atoms with Gasteiger partial charge in [0.2, 0.25) is 0 Å². The van der Waals surface area contributed by atoms with Gasteiger partial charge in [0.15, 0.2) is 5.16 Å². The highest BCUT2D eigenvalue weighted by Gasteiger charge is 2.11. The standard InChI is InChI=1S/C17H21N5O2S/c1-24-11-5-9-22-16(23)19-20-17(22)25-13-15-18-8-10-21(15)12-14-6-3-2-4-7-14/h2-4,6-8,10H,5,9,11-13H2,1H3,(H,19,23). The van der Waals surface area contributed by atoms with E-state index in [-0.39, 0.29) is 5.69 Å². The number of ether oxygens (including phenoxy) is 1. The monoisotopic (exact) mass is 359 g/mol. The highest BCUT2D eigenvalue weighted by Crippen LogP contribution is 2.19. The van der Waals surface area contributed by atoms with Crippen LogP contribution in [0.1, 0.15) is 17.8 Å². The Morgan fingerprint density at radius 2 is 2.12 bits per heavy atom. The first-order valence-electron chi connectivity index (χ1n) is 8.09. The minimum Gasteiger partial charge on any atom is -0.385 e. The molecule has 3 aromatic rings. The van der Waals surface area contributed by atoms with Gasteiger partial charge in [-0.2, -0.15) is 0 Å². The summed E-state index contributed by atoms with van der Waals surface area (Å²) in [5, 5.41) is 7.31. The first-order chi connectivity index (χ1) is 12.3. The molecule has 7 nitrogen and oxygen atoms in total. The Labute approximate surface area is 150 Å². The molecule has 0 saturated carbocycles. The molecule has 3 rings (SSSR count). The second kappa shape index (κ2) is 8.68. The molecule has 0 fully saturated rings. The Bertz CT molecular complexity index is 840. The number of hydrogen-bond acceptors (Lipinski definition) is 5. The van der Waals surface area contributed by atoms with Gasteiger partial charge in [-0.15, -0.1) is 5.10 Å². The zero-order valence-corrected chi connectivity index (χ0v) is 14.9. The lowest BCUT2D eigenvalue weighted by Crippen LogP contribution is -2.18. The van der Waals surface area contributed by atoms with E-state index in [9.17, 15) is 4.79 Å². The first-order valence-corrected chi connectivity index (χ1v) is 9.07. The molecule has 0 unspecified atom stereocenters. The number of nitrogens with one attached hydrogen (secondary N) is 1. The van der Waals surface area contributed by atoms with Crippen LogP contribution in [0, 0.1) is 0 Å². The summed E-state index contributed by atoms with van der Waals surface area (Å²) in [6.45, 7) is 1.98. The first kappa shape index (κ1) is 17.5. The summed E-state index contributed by atoms with van der Waals surface area (Å²) >= 11 is 1.50. The maximum Gasteiger partial charge on any atom is 0.343 e. The molecule has 1 aromatic carbocycles. The fourth-order valence-corrected chi connectivity index (χ4v) is 3.45. The summed E-state index contributed by atoms with van der Waals surface area (Å²) in [6, 6.07) is 10.3. The number of nitrogens with zero attached hydrogens (tertiary/aromatic N) is 4. The summed E-state index contributed by atoms with van der Waals surface area (Å²) < 4.78 is 8.81. The smallest absolute Gasteiger partial charge is 0.343 e. The largest absolute Gasteiger partial charge is 0.385 e. The molecule has 0 saturated heterocycles. The van der Waals surface area contributed by atoms with E-state index in [0.717, 1.165) is 18.8 Å². The molecule has 1 N–H and O–H groups in total. The fraction of sp³-hybridized carbons (Fsp3) is 0.353. The molecular formula is C17H21N5O2S. The topological polar surface area (TPSA) is 77.7 Å². The molecule has 2 heterocycles. The van der Waals surface area contributed by atoms with E-state index in [1.54, 1.807) is 17.9 Å². The van der Waals surface area contributed by atoms with Crippen LogP contribution < -0.4 is 5.69 Å². The third kappa shape index (κ3) is 4.61. The van der Waals surface area contributed by atoms with E-state index in [4.69, 9.17) is 4.74 Å². The van der Waals surface area contributed by atoms with Gasteiger partial charge in [0.1, 0.15) is 5.82 Å². The van der Waals surface area contributed by atoms with Gasteiger partial charge in [-0.25, -0.2) is 14.9 Å². The number of rotatable bonds is 9. The summed E-state index contributed by atoms with van der Waals surface area (Å²) in [4.78, 5) is 16.3. The Hall–Kier alpha value is -2.32. The maximum absolute atomic E-state index is 11.9. The van der Waals surface area contributed by atoms with E-state index in [2.05, 4.69) is 31.9 Å². The lowest BCUT2D eigenvalue weighted by molar-refractivity contribution is 0.189. The van der Waals surface area contributed by atoms with Crippen LogP contribution in [0.4, 0.5) is 0 Å². The number of hydrogen-bond donors (Lipinski definition) is 1. The minimum absolute atomic E-state index is 0.189. The molecule has 0 aliphatic heterocycles. The van der Waals surface area contributed by atoms with E-state index in [1.165, 1.54) is 17.3 Å². The Morgan fingerprint density at radius 1 is 1.28 bits per heavy atom. The van der Waals surface area contributed by atoms with Gasteiger partial charge >= 0.3 is 5.69 Å². The van der Waals surface area contributed by atoms with Crippen molar-refractivity contribution in [3.05, 3.63) is 64.6 Å². The molecule has 132 valence electrons. The SMILES string of the molecule is COCCCn1c(SCc2nccn2Cc2ccccc2)n[nH]c1=O. The van der Waals surface area contributed by atoms with Crippen LogP contribution >= 0.6 is 11.8 Å². The van der Waals surface area contributed by atoms with Gasteiger partial charge < -0.3 is 9.30 Å². The summed E-state index contributed by atoms with van der Waals surface area (Å²) in [5.74, 6) is 1.60. The van der Waals surface area contributed by atoms with Crippen LogP contribution in [0.15, 0.2) is 52.7 Å². The lowest BCUT2D eigenvalue weighted by atomic mass is 10.2. The Morgan fingerprint density at radius 3 is 2.92 bits per heavy atom. The molecule has 0 amide bonds. The fourth-order valence-electron chi connectivity index (χ4n) is 2.51. The number of aromatic nitrogens is 5. The minimum atomic E-state index is -0.189. The summed E-state index contributed by atoms with van der Waals surface area (Å²) in [7, 11) is 1.65. The molecule has 0 atom stereocenters. The zero-order valence-electron chi connectivity index (χ0n) is 14.1. The van der Waals surface area contributed by atoms with E-state index in [0.29, 0.717) is 24.1 Å². The van der Waals surface area contributed by atoms with E-state index < -0.39 is 0 Å². The molecular weight excluding hydrogens is 338 g/mol. The molecule has 2 aromatic heterocycles. The average molecular weight is 359 g/mol. The van der Waals surface area contributed by atoms with Crippen molar-refractivity contribution in [2.75, 3.05) is 13.7 Å². The normalized spacial score (nSPS) is 11.1. The number of aromatic amines is 1. The summed E-state index contributed by atoms with van der Waals surface area (Å²) in [6.07, 6.45) is 4.54. The van der Waals surface area contributed by atoms with Crippen LogP contribution in [0.25, 0.3) is 0 Å². The predicted molar refractivity (Wildman–Crippen MR) is 96.7 cm³/mol. The number of H-pyrrole nitrogens is 1. The highest BCUT2D eigenvalue weighted by molar-refractivity contribution is 7.98. The van der Waals surface area contributed by atoms with Gasteiger partial charge in [0.25, 0.3) is 0 Å². The third-order valence-corrected chi connectivity index (χ3v) is 4.75. The van der Waals surface area contributed by atoms with Gasteiger partial charge in [0.05, 0.1) is 5.75 Å². The second-order valence-electron chi connectivity index (χ2n) is 5.55. The van der Waals surface area contributed by atoms with Crippen LogP contribution in [0.3, 0.4) is 0 Å². The molecule has 0 aliphatic carbocycles. The lowest BCUT2D eigenvalue weighted by Gasteiger charge is -2.08. The maximum atomic E-state index is 11.9. The molecule has 8 heteroatoms. The molecule has 0 radical (unpaired) electrons. The van der Waals surface area contributed by atoms with E-state index in [1.807, 2.05) is 24.4 Å². The van der Waals surface area contributed by atoms with Crippen LogP contribution in [-0.4, -0.2) is 38.0 Å². The van der Waals surface area contributed by atoms with Gasteiger partial charge in [-0.05, 0) is 12.0 Å². The molecule has 25 heavy (non-hydrogen) atoms. The van der Waals surface area contributed by atoms with Crippen LogP contribution in [0.5, 0.6) is 0 Å². The van der Waals surface area contributed by atoms with Crippen molar-refractivity contribution in [3.8, 4) is 0 Å². The van der Waals surface area contributed by atoms with Gasteiger partial charge in [-0.1, -0.05) is 42.1 Å². The molecule has 0 spiro atoms. The molecule has 0 aliphatic rings. The number of imidazole rings is 1. The average Bonchev–Trinajstić information content (AvgIpc) is 3.21. The van der Waals surface area contributed by atoms with Crippen molar-refractivity contribution in [2.45, 2.75) is 30.4 Å². The van der Waals surface area contributed by atoms with Crippen LogP contribution in [0.2, 0.25) is 0 Å². The number of benzene rings is 1. The number of methoxy groups -OCH3 is 1. The summed E-state index contributed by atoms with van der Waals surface area (Å²) in [5.41, 5.74) is 1.04. The highest BCUT2D eigenvalue weighted by atomic mass is 32.2. The van der Waals surface area contributed by atoms with Crippen molar-refractivity contribution in [3.63, 3.8) is 0 Å². The van der Waals surface area contributed by atoms with Crippen molar-refractivity contribution in [1.29, 1.82) is 0 Å². The van der Waals surface area contributed by atoms with Crippen molar-refractivity contribution in [1.82, 2.24) is 24.3 Å². The predicted octanol–water partition coefficient (Wildman–Crippen LogP) is 2.15. The number of thioether (sulfide) groups is 1. The van der Waals surface area contributed by atoms with Crippen molar-refractivity contribution in [2.24, 2.45) is 0 Å². The quantitative estimate of drug-likeness (QED) is 0.468.